The first kappa shape index (κ1) is 12.0. The van der Waals surface area contributed by atoms with Crippen molar-refractivity contribution in [3.05, 3.63) is 58.9 Å². The van der Waals surface area contributed by atoms with E-state index in [0.29, 0.717) is 18.5 Å². The van der Waals surface area contributed by atoms with Crippen LogP contribution in [0, 0.1) is 0 Å². The number of ketones is 1. The topological polar surface area (TPSA) is 22.0 Å². The van der Waals surface area contributed by atoms with Crippen molar-refractivity contribution in [2.24, 2.45) is 0 Å². The molecule has 0 fully saturated rings. The normalized spacial score (nSPS) is 14.8. The zero-order chi connectivity index (χ0) is 13.6. The molecule has 19 heavy (non-hydrogen) atoms. The van der Waals surface area contributed by atoms with E-state index in [4.69, 9.17) is 0 Å². The summed E-state index contributed by atoms with van der Waals surface area (Å²) in [5.41, 5.74) is 0.0569. The van der Waals surface area contributed by atoms with E-state index in [1.54, 1.807) is 24.3 Å². The van der Waals surface area contributed by atoms with E-state index in [1.165, 1.54) is 10.8 Å². The van der Waals surface area contributed by atoms with E-state index in [2.05, 4.69) is 0 Å². The predicted octanol–water partition coefficient (Wildman–Crippen LogP) is 3.29. The average molecular weight is 265 g/mol. The maximum absolute atomic E-state index is 12.9. The molecular formula is C14H10F3NO. The Morgan fingerprint density at radius 1 is 1.11 bits per heavy atom. The molecule has 0 atom stereocenters. The van der Waals surface area contributed by atoms with E-state index < -0.39 is 17.5 Å². The molecule has 1 aliphatic heterocycles. The molecule has 0 N–H and O–H groups in total. The second kappa shape index (κ2) is 3.98. The largest absolute Gasteiger partial charge is 0.418 e. The molecular weight excluding hydrogens is 255 g/mol. The number of fused-ring (bicyclic) bond motifs is 2. The monoisotopic (exact) mass is 265 g/mol. The van der Waals surface area contributed by atoms with Gasteiger partial charge in [-0.3, -0.25) is 4.79 Å². The Balaban J connectivity index is 2.21. The maximum Gasteiger partial charge on any atom is 0.418 e. The lowest BCUT2D eigenvalue weighted by Crippen LogP contribution is -2.15. The average Bonchev–Trinajstić information content (AvgIpc) is 2.74. The van der Waals surface area contributed by atoms with Crippen molar-refractivity contribution in [2.75, 3.05) is 0 Å². The lowest BCUT2D eigenvalue weighted by atomic mass is 9.99. The van der Waals surface area contributed by atoms with Crippen molar-refractivity contribution in [1.29, 1.82) is 0 Å². The van der Waals surface area contributed by atoms with Crippen LogP contribution < -0.4 is 0 Å². The van der Waals surface area contributed by atoms with Gasteiger partial charge in [-0.2, -0.15) is 13.2 Å². The third-order valence-electron chi connectivity index (χ3n) is 3.37. The molecule has 3 rings (SSSR count). The van der Waals surface area contributed by atoms with Gasteiger partial charge in [0, 0.05) is 18.3 Å². The lowest BCUT2D eigenvalue weighted by molar-refractivity contribution is -0.137. The highest BCUT2D eigenvalue weighted by Crippen LogP contribution is 2.35. The van der Waals surface area contributed by atoms with Crippen molar-refractivity contribution < 1.29 is 18.0 Å². The Hall–Kier alpha value is -2.04. The van der Waals surface area contributed by atoms with Gasteiger partial charge in [-0.25, -0.2) is 0 Å². The summed E-state index contributed by atoms with van der Waals surface area (Å²) in [6.45, 7) is 0.383. The van der Waals surface area contributed by atoms with Crippen LogP contribution in [-0.2, 0) is 19.1 Å². The van der Waals surface area contributed by atoms with Crippen LogP contribution in [0.2, 0.25) is 0 Å². The Morgan fingerprint density at radius 2 is 1.84 bits per heavy atom. The maximum atomic E-state index is 12.9. The smallest absolute Gasteiger partial charge is 0.344 e. The summed E-state index contributed by atoms with van der Waals surface area (Å²) >= 11 is 0. The van der Waals surface area contributed by atoms with E-state index in [1.807, 2.05) is 0 Å². The minimum Gasteiger partial charge on any atom is -0.344 e. The number of alkyl halides is 3. The molecule has 0 saturated carbocycles. The first-order valence-electron chi connectivity index (χ1n) is 5.87. The summed E-state index contributed by atoms with van der Waals surface area (Å²) in [7, 11) is 0. The van der Waals surface area contributed by atoms with Crippen LogP contribution in [0.5, 0.6) is 0 Å². The van der Waals surface area contributed by atoms with Gasteiger partial charge in [0.1, 0.15) is 5.69 Å². The molecule has 0 bridgehead atoms. The Kier molecular flexibility index (Phi) is 2.52. The molecule has 98 valence electrons. The molecule has 1 aliphatic rings. The van der Waals surface area contributed by atoms with Gasteiger partial charge in [0.05, 0.1) is 5.56 Å². The van der Waals surface area contributed by atoms with E-state index in [0.717, 1.165) is 11.6 Å². The molecule has 1 aromatic carbocycles. The fraction of sp³-hybridized carbons (Fsp3) is 0.214. The summed E-state index contributed by atoms with van der Waals surface area (Å²) in [5.74, 6) is -0.551. The Morgan fingerprint density at radius 3 is 2.58 bits per heavy atom. The number of rotatable bonds is 0. The molecule has 0 radical (unpaired) electrons. The van der Waals surface area contributed by atoms with Gasteiger partial charge in [-0.05, 0) is 18.1 Å². The van der Waals surface area contributed by atoms with Crippen molar-refractivity contribution in [1.82, 2.24) is 4.57 Å². The fourth-order valence-electron chi connectivity index (χ4n) is 2.47. The number of aryl methyl sites for hydroxylation is 2. The number of carbonyl (C=O) groups excluding carboxylic acids is 1. The molecule has 0 saturated heterocycles. The number of hydrogen-bond acceptors (Lipinski definition) is 1. The number of benzene rings is 1. The van der Waals surface area contributed by atoms with Gasteiger partial charge in [-0.1, -0.05) is 24.3 Å². The van der Waals surface area contributed by atoms with Crippen molar-refractivity contribution in [2.45, 2.75) is 19.1 Å². The standard InChI is InChI=1S/C14H10F3NO/c15-14(16,17)11-6-8-18-7-5-9-3-1-2-4-10(9)13(19)12(11)18/h1-4,6,8H,5,7H2. The van der Waals surface area contributed by atoms with Gasteiger partial charge in [0.15, 0.2) is 0 Å². The van der Waals surface area contributed by atoms with Gasteiger partial charge in [0.2, 0.25) is 5.78 Å². The Bertz CT molecular complexity index is 655. The summed E-state index contributed by atoms with van der Waals surface area (Å²) in [4.78, 5) is 12.3. The number of hydrogen-bond donors (Lipinski definition) is 0. The van der Waals surface area contributed by atoms with E-state index in [9.17, 15) is 18.0 Å². The number of nitrogens with zero attached hydrogens (tertiary/aromatic N) is 1. The number of halogens is 3. The third-order valence-corrected chi connectivity index (χ3v) is 3.37. The molecule has 2 heterocycles. The predicted molar refractivity (Wildman–Crippen MR) is 63.0 cm³/mol. The molecule has 0 spiro atoms. The minimum atomic E-state index is -4.50. The molecule has 2 nitrogen and oxygen atoms in total. The van der Waals surface area contributed by atoms with Gasteiger partial charge < -0.3 is 4.57 Å². The zero-order valence-electron chi connectivity index (χ0n) is 9.87. The fourth-order valence-corrected chi connectivity index (χ4v) is 2.47. The highest BCUT2D eigenvalue weighted by molar-refractivity contribution is 6.10. The van der Waals surface area contributed by atoms with Crippen LogP contribution in [0.4, 0.5) is 13.2 Å². The third kappa shape index (κ3) is 1.85. The van der Waals surface area contributed by atoms with Gasteiger partial charge in [0.25, 0.3) is 0 Å². The molecule has 0 aliphatic carbocycles. The van der Waals surface area contributed by atoms with E-state index >= 15 is 0 Å². The number of aromatic nitrogens is 1. The molecule has 1 aromatic heterocycles. The highest BCUT2D eigenvalue weighted by Gasteiger charge is 2.38. The SMILES string of the molecule is O=C1c2ccccc2CCn2ccc(C(F)(F)F)c21. The quantitative estimate of drug-likeness (QED) is 0.716. The van der Waals surface area contributed by atoms with Crippen LogP contribution in [0.15, 0.2) is 36.5 Å². The molecule has 2 aromatic rings. The zero-order valence-corrected chi connectivity index (χ0v) is 9.87. The number of carbonyl (C=O) groups is 1. The second-order valence-electron chi connectivity index (χ2n) is 4.51. The molecule has 0 unspecified atom stereocenters. The van der Waals surface area contributed by atoms with Gasteiger partial charge >= 0.3 is 6.18 Å². The van der Waals surface area contributed by atoms with Crippen molar-refractivity contribution in [3.8, 4) is 0 Å². The second-order valence-corrected chi connectivity index (χ2v) is 4.51. The summed E-state index contributed by atoms with van der Waals surface area (Å²) < 4.78 is 40.2. The lowest BCUT2D eigenvalue weighted by Gasteiger charge is -2.09. The summed E-state index contributed by atoms with van der Waals surface area (Å²) in [6.07, 6.45) is -2.61. The van der Waals surface area contributed by atoms with Crippen LogP contribution >= 0.6 is 0 Å². The Labute approximate surface area is 107 Å². The van der Waals surface area contributed by atoms with Crippen LogP contribution in [0.25, 0.3) is 0 Å². The summed E-state index contributed by atoms with van der Waals surface area (Å²) in [5, 5.41) is 0. The first-order valence-corrected chi connectivity index (χ1v) is 5.87. The minimum absolute atomic E-state index is 0.252. The molecule has 0 amide bonds. The van der Waals surface area contributed by atoms with Crippen LogP contribution in [-0.4, -0.2) is 10.4 Å². The van der Waals surface area contributed by atoms with Crippen molar-refractivity contribution >= 4 is 5.78 Å². The van der Waals surface area contributed by atoms with Crippen LogP contribution in [0.1, 0.15) is 27.2 Å². The van der Waals surface area contributed by atoms with E-state index in [-0.39, 0.29) is 5.69 Å². The molecule has 5 heteroatoms. The summed E-state index contributed by atoms with van der Waals surface area (Å²) in [6, 6.07) is 7.80. The van der Waals surface area contributed by atoms with Crippen LogP contribution in [0.3, 0.4) is 0 Å². The van der Waals surface area contributed by atoms with Gasteiger partial charge in [-0.15, -0.1) is 0 Å². The first-order chi connectivity index (χ1) is 8.98. The highest BCUT2D eigenvalue weighted by atomic mass is 19.4. The van der Waals surface area contributed by atoms with Crippen molar-refractivity contribution in [3.63, 3.8) is 0 Å².